The van der Waals surface area contributed by atoms with Crippen molar-refractivity contribution in [2.24, 2.45) is 0 Å². The van der Waals surface area contributed by atoms with Gasteiger partial charge in [-0.25, -0.2) is 4.79 Å². The van der Waals surface area contributed by atoms with Crippen molar-refractivity contribution >= 4 is 17.6 Å². The Morgan fingerprint density at radius 2 is 1.90 bits per heavy atom. The Morgan fingerprint density at radius 3 is 2.45 bits per heavy atom. The maximum Gasteiger partial charge on any atom is 0.336 e. The highest BCUT2D eigenvalue weighted by molar-refractivity contribution is 6.05. The summed E-state index contributed by atoms with van der Waals surface area (Å²) < 4.78 is 0. The van der Waals surface area contributed by atoms with E-state index in [9.17, 15) is 19.7 Å². The Labute approximate surface area is 114 Å². The lowest BCUT2D eigenvalue weighted by molar-refractivity contribution is -0.384. The molecule has 0 bridgehead atoms. The highest BCUT2D eigenvalue weighted by Gasteiger charge is 2.23. The lowest BCUT2D eigenvalue weighted by Crippen LogP contribution is -2.33. The van der Waals surface area contributed by atoms with Gasteiger partial charge in [-0.05, 0) is 18.9 Å². The van der Waals surface area contributed by atoms with Crippen molar-refractivity contribution in [3.63, 3.8) is 0 Å². The van der Waals surface area contributed by atoms with Crippen molar-refractivity contribution in [2.45, 2.75) is 31.7 Å². The summed E-state index contributed by atoms with van der Waals surface area (Å²) in [7, 11) is 0. The lowest BCUT2D eigenvalue weighted by atomic mass is 10.1. The standard InChI is InChI=1S/C13H14N2O5/c16-12(14-8-3-1-2-4-8)10-6-5-9(15(19)20)7-11(10)13(17)18/h5-8H,1-4H2,(H,14,16)(H,17,18). The number of rotatable bonds is 4. The minimum Gasteiger partial charge on any atom is -0.478 e. The van der Waals surface area contributed by atoms with Gasteiger partial charge in [-0.15, -0.1) is 0 Å². The SMILES string of the molecule is O=C(O)c1cc([N+](=O)[O-])ccc1C(=O)NC1CCCC1. The van der Waals surface area contributed by atoms with Crippen molar-refractivity contribution in [3.05, 3.63) is 39.4 Å². The van der Waals surface area contributed by atoms with Crippen LogP contribution in [0.2, 0.25) is 0 Å². The van der Waals surface area contributed by atoms with Crippen molar-refractivity contribution in [1.29, 1.82) is 0 Å². The van der Waals surface area contributed by atoms with Gasteiger partial charge in [0.15, 0.2) is 0 Å². The van der Waals surface area contributed by atoms with Crippen LogP contribution in [-0.2, 0) is 0 Å². The third-order valence-electron chi connectivity index (χ3n) is 3.38. The van der Waals surface area contributed by atoms with Crippen molar-refractivity contribution < 1.29 is 19.6 Å². The molecule has 1 saturated carbocycles. The van der Waals surface area contributed by atoms with Gasteiger partial charge < -0.3 is 10.4 Å². The van der Waals surface area contributed by atoms with E-state index in [2.05, 4.69) is 5.32 Å². The molecule has 1 aliphatic carbocycles. The lowest BCUT2D eigenvalue weighted by Gasteiger charge is -2.13. The van der Waals surface area contributed by atoms with Crippen LogP contribution in [0.25, 0.3) is 0 Å². The first-order valence-electron chi connectivity index (χ1n) is 6.31. The zero-order chi connectivity index (χ0) is 14.7. The number of carbonyl (C=O) groups is 2. The molecule has 1 amide bonds. The number of aromatic carboxylic acids is 1. The van der Waals surface area contributed by atoms with Crippen LogP contribution in [0.15, 0.2) is 18.2 Å². The Morgan fingerprint density at radius 1 is 1.25 bits per heavy atom. The Kier molecular flexibility index (Phi) is 3.97. The van der Waals surface area contributed by atoms with Crippen LogP contribution in [0.3, 0.4) is 0 Å². The van der Waals surface area contributed by atoms with Gasteiger partial charge in [0.2, 0.25) is 0 Å². The summed E-state index contributed by atoms with van der Waals surface area (Å²) >= 11 is 0. The van der Waals surface area contributed by atoms with Gasteiger partial charge in [0, 0.05) is 18.2 Å². The number of nitro benzene ring substituents is 1. The number of carbonyl (C=O) groups excluding carboxylic acids is 1. The monoisotopic (exact) mass is 278 g/mol. The number of nitrogens with one attached hydrogen (secondary N) is 1. The number of benzene rings is 1. The fourth-order valence-corrected chi connectivity index (χ4v) is 2.35. The highest BCUT2D eigenvalue weighted by atomic mass is 16.6. The number of hydrogen-bond donors (Lipinski definition) is 2. The number of nitro groups is 1. The topological polar surface area (TPSA) is 110 Å². The molecule has 0 saturated heterocycles. The maximum absolute atomic E-state index is 12.1. The quantitative estimate of drug-likeness (QED) is 0.646. The second-order valence-electron chi connectivity index (χ2n) is 4.75. The van der Waals surface area contributed by atoms with E-state index in [1.54, 1.807) is 0 Å². The number of non-ortho nitro benzene ring substituents is 1. The number of amides is 1. The van der Waals surface area contributed by atoms with Crippen LogP contribution in [0, 0.1) is 10.1 Å². The molecule has 0 radical (unpaired) electrons. The predicted octanol–water partition coefficient (Wildman–Crippen LogP) is 1.97. The minimum absolute atomic E-state index is 0.0463. The third kappa shape index (κ3) is 2.93. The summed E-state index contributed by atoms with van der Waals surface area (Å²) in [6.07, 6.45) is 3.83. The second kappa shape index (κ2) is 5.68. The molecule has 20 heavy (non-hydrogen) atoms. The van der Waals surface area contributed by atoms with E-state index in [-0.39, 0.29) is 22.9 Å². The third-order valence-corrected chi connectivity index (χ3v) is 3.38. The average Bonchev–Trinajstić information content (AvgIpc) is 2.90. The average molecular weight is 278 g/mol. The van der Waals surface area contributed by atoms with Crippen LogP contribution >= 0.6 is 0 Å². The molecule has 1 aliphatic rings. The first-order valence-corrected chi connectivity index (χ1v) is 6.31. The summed E-state index contributed by atoms with van der Waals surface area (Å²) in [4.78, 5) is 33.2. The zero-order valence-electron chi connectivity index (χ0n) is 10.7. The van der Waals surface area contributed by atoms with E-state index in [0.717, 1.165) is 37.8 Å². The van der Waals surface area contributed by atoms with Crippen molar-refractivity contribution in [1.82, 2.24) is 5.32 Å². The predicted molar refractivity (Wildman–Crippen MR) is 69.8 cm³/mol. The Bertz CT molecular complexity index is 564. The van der Waals surface area contributed by atoms with Crippen LogP contribution in [0.4, 0.5) is 5.69 Å². The molecule has 7 heteroatoms. The fourth-order valence-electron chi connectivity index (χ4n) is 2.35. The van der Waals surface area contributed by atoms with Crippen LogP contribution in [0.5, 0.6) is 0 Å². The molecule has 0 aliphatic heterocycles. The molecule has 2 N–H and O–H groups in total. The molecular weight excluding hydrogens is 264 g/mol. The zero-order valence-corrected chi connectivity index (χ0v) is 10.7. The molecular formula is C13H14N2O5. The summed E-state index contributed by atoms with van der Waals surface area (Å²) in [5.41, 5.74) is -0.746. The van der Waals surface area contributed by atoms with E-state index >= 15 is 0 Å². The van der Waals surface area contributed by atoms with Gasteiger partial charge >= 0.3 is 5.97 Å². The molecule has 0 heterocycles. The van der Waals surface area contributed by atoms with E-state index in [1.165, 1.54) is 6.07 Å². The molecule has 2 rings (SSSR count). The highest BCUT2D eigenvalue weighted by Crippen LogP contribution is 2.21. The van der Waals surface area contributed by atoms with Gasteiger partial charge in [-0.2, -0.15) is 0 Å². The van der Waals surface area contributed by atoms with E-state index in [4.69, 9.17) is 5.11 Å². The molecule has 0 atom stereocenters. The molecule has 106 valence electrons. The van der Waals surface area contributed by atoms with Gasteiger partial charge in [0.25, 0.3) is 11.6 Å². The van der Waals surface area contributed by atoms with E-state index in [1.807, 2.05) is 0 Å². The summed E-state index contributed by atoms with van der Waals surface area (Å²) in [6, 6.07) is 3.28. The minimum atomic E-state index is -1.36. The summed E-state index contributed by atoms with van der Waals surface area (Å²) in [6.45, 7) is 0. The van der Waals surface area contributed by atoms with Gasteiger partial charge in [-0.3, -0.25) is 14.9 Å². The number of carboxylic acid groups (broad SMARTS) is 1. The molecule has 1 aromatic rings. The van der Waals surface area contributed by atoms with Gasteiger partial charge in [-0.1, -0.05) is 12.8 Å². The van der Waals surface area contributed by atoms with Crippen LogP contribution < -0.4 is 5.32 Å². The first-order chi connectivity index (χ1) is 9.49. The van der Waals surface area contributed by atoms with E-state index in [0.29, 0.717) is 0 Å². The van der Waals surface area contributed by atoms with E-state index < -0.39 is 16.8 Å². The molecule has 0 aromatic heterocycles. The number of carboxylic acids is 1. The summed E-state index contributed by atoms with van der Waals surface area (Å²) in [5.74, 6) is -1.85. The van der Waals surface area contributed by atoms with Crippen LogP contribution in [-0.4, -0.2) is 27.9 Å². The largest absolute Gasteiger partial charge is 0.478 e. The maximum atomic E-state index is 12.1. The smallest absolute Gasteiger partial charge is 0.336 e. The first kappa shape index (κ1) is 14.0. The molecule has 1 aromatic carbocycles. The van der Waals surface area contributed by atoms with Crippen molar-refractivity contribution in [2.75, 3.05) is 0 Å². The number of hydrogen-bond acceptors (Lipinski definition) is 4. The number of nitrogens with zero attached hydrogens (tertiary/aromatic N) is 1. The Balaban J connectivity index is 2.27. The van der Waals surface area contributed by atoms with Gasteiger partial charge in [0.05, 0.1) is 16.1 Å². The molecule has 7 nitrogen and oxygen atoms in total. The normalized spacial score (nSPS) is 15.0. The summed E-state index contributed by atoms with van der Waals surface area (Å²) in [5, 5.41) is 22.5. The van der Waals surface area contributed by atoms with Gasteiger partial charge in [0.1, 0.15) is 0 Å². The molecule has 0 spiro atoms. The van der Waals surface area contributed by atoms with Crippen LogP contribution in [0.1, 0.15) is 46.4 Å². The molecule has 1 fully saturated rings. The fraction of sp³-hybridized carbons (Fsp3) is 0.385. The Hall–Kier alpha value is -2.44. The second-order valence-corrected chi connectivity index (χ2v) is 4.75. The molecule has 0 unspecified atom stereocenters. The van der Waals surface area contributed by atoms with Crippen molar-refractivity contribution in [3.8, 4) is 0 Å².